The van der Waals surface area contributed by atoms with Crippen LogP contribution in [0.5, 0.6) is 0 Å². The lowest BCUT2D eigenvalue weighted by Crippen LogP contribution is -2.32. The number of nitrogens with zero attached hydrogens (tertiary/aromatic N) is 1. The first-order valence-electron chi connectivity index (χ1n) is 8.70. The summed E-state index contributed by atoms with van der Waals surface area (Å²) in [6.07, 6.45) is 0. The predicted octanol–water partition coefficient (Wildman–Crippen LogP) is 4.93. The van der Waals surface area contributed by atoms with Crippen molar-refractivity contribution in [1.82, 2.24) is 4.72 Å². The van der Waals surface area contributed by atoms with Crippen molar-refractivity contribution in [1.29, 1.82) is 5.26 Å². The van der Waals surface area contributed by atoms with Gasteiger partial charge in [-0.3, -0.25) is 0 Å². The Morgan fingerprint density at radius 1 is 0.929 bits per heavy atom. The summed E-state index contributed by atoms with van der Waals surface area (Å²) < 4.78 is 29.8. The first-order valence-corrected chi connectivity index (χ1v) is 11.3. The first-order chi connectivity index (χ1) is 13.4. The Hall–Kier alpha value is -2.21. The average Bonchev–Trinajstić information content (AvgIpc) is 2.70. The highest BCUT2D eigenvalue weighted by atomic mass is 127. The number of sulfonamides is 1. The van der Waals surface area contributed by atoms with Gasteiger partial charge in [-0.15, -0.1) is 0 Å². The van der Waals surface area contributed by atoms with Gasteiger partial charge >= 0.3 is 0 Å². The minimum atomic E-state index is -3.80. The third-order valence-corrected chi connectivity index (χ3v) is 6.92. The molecule has 3 aromatic rings. The molecule has 3 aromatic carbocycles. The Balaban J connectivity index is 2.06. The maximum atomic E-state index is 13.0. The molecule has 0 spiro atoms. The van der Waals surface area contributed by atoms with Crippen molar-refractivity contribution in [2.75, 3.05) is 0 Å². The average molecular weight is 502 g/mol. The van der Waals surface area contributed by atoms with Crippen LogP contribution in [0.4, 0.5) is 0 Å². The fraction of sp³-hybridized carbons (Fsp3) is 0.136. The second-order valence-corrected chi connectivity index (χ2v) is 9.33. The molecular formula is C22H19IN2O2S. The van der Waals surface area contributed by atoms with Crippen LogP contribution in [0.1, 0.15) is 28.7 Å². The summed E-state index contributed by atoms with van der Waals surface area (Å²) >= 11 is 2.18. The summed E-state index contributed by atoms with van der Waals surface area (Å²) in [5, 5.41) is 9.95. The maximum absolute atomic E-state index is 13.0. The molecule has 0 fully saturated rings. The Morgan fingerprint density at radius 2 is 1.54 bits per heavy atom. The molecule has 28 heavy (non-hydrogen) atoms. The van der Waals surface area contributed by atoms with Crippen molar-refractivity contribution in [3.8, 4) is 6.07 Å². The van der Waals surface area contributed by atoms with Crippen LogP contribution < -0.4 is 4.72 Å². The fourth-order valence-electron chi connectivity index (χ4n) is 2.99. The van der Waals surface area contributed by atoms with Crippen LogP contribution >= 0.6 is 22.6 Å². The molecule has 0 radical (unpaired) electrons. The van der Waals surface area contributed by atoms with Crippen LogP contribution in [-0.4, -0.2) is 8.42 Å². The lowest BCUT2D eigenvalue weighted by molar-refractivity contribution is 0.538. The van der Waals surface area contributed by atoms with Crippen LogP contribution in [0.2, 0.25) is 0 Å². The van der Waals surface area contributed by atoms with Crippen molar-refractivity contribution in [3.05, 3.63) is 99.1 Å². The number of halogens is 1. The molecule has 0 aliphatic rings. The molecule has 0 amide bonds. The third kappa shape index (κ3) is 4.61. The van der Waals surface area contributed by atoms with Crippen molar-refractivity contribution in [3.63, 3.8) is 0 Å². The zero-order chi connectivity index (χ0) is 20.1. The zero-order valence-electron chi connectivity index (χ0n) is 15.2. The molecule has 2 atom stereocenters. The molecule has 6 heteroatoms. The van der Waals surface area contributed by atoms with Gasteiger partial charge in [0, 0.05) is 3.57 Å². The summed E-state index contributed by atoms with van der Waals surface area (Å²) in [7, 11) is -3.80. The summed E-state index contributed by atoms with van der Waals surface area (Å²) in [4.78, 5) is 0.179. The molecule has 0 saturated heterocycles. The van der Waals surface area contributed by atoms with Crippen LogP contribution in [0.25, 0.3) is 0 Å². The SMILES string of the molecule is Cc1ccc(S(=O)(=O)N[C@@H](c2ccccc2)[C@H](C#N)c2ccccc2I)cc1. The second kappa shape index (κ2) is 8.86. The molecule has 4 nitrogen and oxygen atoms in total. The normalized spacial score (nSPS) is 13.5. The van der Waals surface area contributed by atoms with E-state index >= 15 is 0 Å². The molecule has 0 heterocycles. The number of rotatable bonds is 6. The van der Waals surface area contributed by atoms with Crippen LogP contribution in [0, 0.1) is 21.8 Å². The number of nitrogens with one attached hydrogen (secondary N) is 1. The van der Waals surface area contributed by atoms with E-state index in [2.05, 4.69) is 33.4 Å². The van der Waals surface area contributed by atoms with Crippen molar-refractivity contribution in [2.45, 2.75) is 23.8 Å². The molecule has 0 aromatic heterocycles. The molecule has 0 saturated carbocycles. The van der Waals surface area contributed by atoms with Gasteiger partial charge in [0.05, 0.1) is 22.9 Å². The Labute approximate surface area is 179 Å². The number of benzene rings is 3. The van der Waals surface area contributed by atoms with Crippen molar-refractivity contribution >= 4 is 32.6 Å². The predicted molar refractivity (Wildman–Crippen MR) is 118 cm³/mol. The first kappa shape index (κ1) is 20.5. The van der Waals surface area contributed by atoms with E-state index in [1.165, 1.54) is 0 Å². The van der Waals surface area contributed by atoms with Gasteiger partial charge in [-0.25, -0.2) is 13.1 Å². The van der Waals surface area contributed by atoms with Crippen LogP contribution in [0.3, 0.4) is 0 Å². The van der Waals surface area contributed by atoms with Crippen molar-refractivity contribution < 1.29 is 8.42 Å². The Kier molecular flexibility index (Phi) is 6.50. The quantitative estimate of drug-likeness (QED) is 0.487. The number of nitriles is 1. The van der Waals surface area contributed by atoms with Gasteiger partial charge in [-0.2, -0.15) is 5.26 Å². The number of aryl methyl sites for hydroxylation is 1. The van der Waals surface area contributed by atoms with Crippen LogP contribution in [-0.2, 0) is 10.0 Å². The Bertz CT molecular complexity index is 1090. The van der Waals surface area contributed by atoms with Gasteiger partial charge in [0.2, 0.25) is 10.0 Å². The molecule has 1 N–H and O–H groups in total. The second-order valence-electron chi connectivity index (χ2n) is 6.45. The molecule has 0 bridgehead atoms. The molecule has 3 rings (SSSR count). The van der Waals surface area contributed by atoms with Gasteiger partial charge in [0.1, 0.15) is 0 Å². The lowest BCUT2D eigenvalue weighted by atomic mass is 9.89. The zero-order valence-corrected chi connectivity index (χ0v) is 18.2. The van der Waals surface area contributed by atoms with Gasteiger partial charge in [0.15, 0.2) is 0 Å². The molecule has 0 unspecified atom stereocenters. The molecule has 0 aliphatic carbocycles. The lowest BCUT2D eigenvalue weighted by Gasteiger charge is -2.25. The maximum Gasteiger partial charge on any atom is 0.241 e. The largest absolute Gasteiger partial charge is 0.241 e. The van der Waals surface area contributed by atoms with Crippen molar-refractivity contribution in [2.24, 2.45) is 0 Å². The van der Waals surface area contributed by atoms with E-state index in [0.717, 1.165) is 20.3 Å². The highest BCUT2D eigenvalue weighted by molar-refractivity contribution is 14.1. The minimum Gasteiger partial charge on any atom is -0.207 e. The van der Waals surface area contributed by atoms with Gasteiger partial charge in [0.25, 0.3) is 0 Å². The highest BCUT2D eigenvalue weighted by Gasteiger charge is 2.30. The molecule has 0 aliphatic heterocycles. The fourth-order valence-corrected chi connectivity index (χ4v) is 4.95. The third-order valence-electron chi connectivity index (χ3n) is 4.48. The highest BCUT2D eigenvalue weighted by Crippen LogP contribution is 2.34. The standard InChI is InChI=1S/C22H19IN2O2S/c1-16-11-13-18(14-12-16)28(26,27)25-22(17-7-3-2-4-8-17)20(15-24)19-9-5-6-10-21(19)23/h2-14,20,22,25H,1H3/t20-,22+/m1/s1. The Morgan fingerprint density at radius 3 is 2.14 bits per heavy atom. The van der Waals surface area contributed by atoms with Gasteiger partial charge in [-0.05, 0) is 58.8 Å². The van der Waals surface area contributed by atoms with E-state index < -0.39 is 22.0 Å². The van der Waals surface area contributed by atoms with E-state index in [0.29, 0.717) is 0 Å². The number of hydrogen-bond donors (Lipinski definition) is 1. The number of hydrogen-bond acceptors (Lipinski definition) is 3. The monoisotopic (exact) mass is 502 g/mol. The van der Waals surface area contributed by atoms with E-state index in [4.69, 9.17) is 0 Å². The summed E-state index contributed by atoms with van der Waals surface area (Å²) in [5.41, 5.74) is 2.52. The summed E-state index contributed by atoms with van der Waals surface area (Å²) in [6.45, 7) is 1.90. The van der Waals surface area contributed by atoms with Gasteiger partial charge in [-0.1, -0.05) is 66.2 Å². The van der Waals surface area contributed by atoms with E-state index in [9.17, 15) is 13.7 Å². The smallest absolute Gasteiger partial charge is 0.207 e. The van der Waals surface area contributed by atoms with Gasteiger partial charge < -0.3 is 0 Å². The van der Waals surface area contributed by atoms with E-state index in [1.54, 1.807) is 24.3 Å². The summed E-state index contributed by atoms with van der Waals surface area (Å²) in [6, 6.07) is 25.0. The van der Waals surface area contributed by atoms with E-state index in [1.807, 2.05) is 61.5 Å². The summed E-state index contributed by atoms with van der Waals surface area (Å²) in [5.74, 6) is -0.671. The van der Waals surface area contributed by atoms with E-state index in [-0.39, 0.29) is 4.90 Å². The minimum absolute atomic E-state index is 0.179. The molecular weight excluding hydrogens is 483 g/mol. The van der Waals surface area contributed by atoms with Crippen LogP contribution in [0.15, 0.2) is 83.8 Å². The topological polar surface area (TPSA) is 70.0 Å². The molecule has 142 valence electrons.